The molecule has 0 amide bonds. The first kappa shape index (κ1) is 15.0. The smallest absolute Gasteiger partial charge is 0.114 e. The zero-order valence-electron chi connectivity index (χ0n) is 11.8. The molecule has 0 aliphatic rings. The zero-order chi connectivity index (χ0) is 13.9. The average molecular weight is 255 g/mol. The largest absolute Gasteiger partial charge is 0.497 e. The second-order valence-corrected chi connectivity index (χ2v) is 4.06. The number of nitrogens with zero attached hydrogens (tertiary/aromatic N) is 1. The van der Waals surface area contributed by atoms with Crippen molar-refractivity contribution in [2.75, 3.05) is 7.11 Å². The molecule has 0 aromatic heterocycles. The molecule has 2 nitrogen and oxygen atoms in total. The Morgan fingerprint density at radius 1 is 1.26 bits per heavy atom. The van der Waals surface area contributed by atoms with Crippen LogP contribution in [0, 0.1) is 0 Å². The molecule has 1 rings (SSSR count). The first-order valence-electron chi connectivity index (χ1n) is 6.39. The lowest BCUT2D eigenvalue weighted by molar-refractivity contribution is 0.306. The maximum absolute atomic E-state index is 5.14. The molecular weight excluding hydrogens is 234 g/mol. The van der Waals surface area contributed by atoms with Crippen LogP contribution in [0.4, 0.5) is 0 Å². The van der Waals surface area contributed by atoms with Crippen LogP contribution in [0.1, 0.15) is 19.4 Å². The van der Waals surface area contributed by atoms with Crippen LogP contribution in [0.25, 0.3) is 6.08 Å². The molecular formula is C17H21NO. The topological polar surface area (TPSA) is 21.6 Å². The number of allylic oxidation sites excluding steroid dienone is 3. The van der Waals surface area contributed by atoms with E-state index >= 15 is 0 Å². The molecule has 100 valence electrons. The van der Waals surface area contributed by atoms with E-state index in [1.165, 1.54) is 5.56 Å². The monoisotopic (exact) mass is 255 g/mol. The first-order chi connectivity index (χ1) is 9.26. The van der Waals surface area contributed by atoms with Crippen molar-refractivity contribution in [3.63, 3.8) is 0 Å². The Labute approximate surface area is 115 Å². The number of aliphatic imine (C=N–C) groups is 1. The van der Waals surface area contributed by atoms with Crippen molar-refractivity contribution in [1.82, 2.24) is 0 Å². The minimum absolute atomic E-state index is 0.130. The Bertz CT molecular complexity index is 469. The standard InChI is InChI=1S/C17H21NO/c1-4-17(19-3)13-12-15(2)18-14-8-11-16-9-6-5-7-10-16/h4-15H,1-3H3/b11-8+,13-12-,17-4+,18-14+. The number of benzene rings is 1. The molecule has 0 saturated carbocycles. The highest BCUT2D eigenvalue weighted by Crippen LogP contribution is 2.01. The summed E-state index contributed by atoms with van der Waals surface area (Å²) >= 11 is 0. The van der Waals surface area contributed by atoms with Crippen molar-refractivity contribution in [3.05, 3.63) is 66.0 Å². The van der Waals surface area contributed by atoms with Gasteiger partial charge in [-0.1, -0.05) is 42.5 Å². The van der Waals surface area contributed by atoms with Crippen molar-refractivity contribution in [2.45, 2.75) is 19.9 Å². The fraction of sp³-hybridized carbons (Fsp3) is 0.235. The molecule has 1 aromatic carbocycles. The SMILES string of the molecule is C/C=C(\C=C/C(C)/N=C/C=C/c1ccccc1)OC. The van der Waals surface area contributed by atoms with Crippen LogP contribution >= 0.6 is 0 Å². The van der Waals surface area contributed by atoms with Crippen molar-refractivity contribution in [3.8, 4) is 0 Å². The fourth-order valence-electron chi connectivity index (χ4n) is 1.47. The lowest BCUT2D eigenvalue weighted by Gasteiger charge is -2.00. The van der Waals surface area contributed by atoms with E-state index in [0.717, 1.165) is 5.76 Å². The van der Waals surface area contributed by atoms with Gasteiger partial charge in [-0.3, -0.25) is 4.99 Å². The summed E-state index contributed by atoms with van der Waals surface area (Å²) in [6, 6.07) is 10.3. The molecule has 0 fully saturated rings. The van der Waals surface area contributed by atoms with E-state index in [4.69, 9.17) is 4.74 Å². The van der Waals surface area contributed by atoms with E-state index in [-0.39, 0.29) is 6.04 Å². The Morgan fingerprint density at radius 2 is 2.00 bits per heavy atom. The van der Waals surface area contributed by atoms with Crippen LogP contribution in [0.15, 0.2) is 65.4 Å². The molecule has 0 spiro atoms. The van der Waals surface area contributed by atoms with Crippen LogP contribution in [-0.2, 0) is 4.74 Å². The first-order valence-corrected chi connectivity index (χ1v) is 6.39. The number of hydrogen-bond acceptors (Lipinski definition) is 2. The van der Waals surface area contributed by atoms with Crippen molar-refractivity contribution < 1.29 is 4.74 Å². The fourth-order valence-corrected chi connectivity index (χ4v) is 1.47. The summed E-state index contributed by atoms with van der Waals surface area (Å²) in [5, 5.41) is 0. The van der Waals surface area contributed by atoms with Gasteiger partial charge < -0.3 is 4.74 Å². The minimum atomic E-state index is 0.130. The molecule has 1 atom stereocenters. The van der Waals surface area contributed by atoms with Crippen molar-refractivity contribution in [1.29, 1.82) is 0 Å². The molecule has 0 saturated heterocycles. The van der Waals surface area contributed by atoms with Crippen LogP contribution < -0.4 is 0 Å². The molecule has 1 unspecified atom stereocenters. The molecule has 19 heavy (non-hydrogen) atoms. The molecule has 0 heterocycles. The summed E-state index contributed by atoms with van der Waals surface area (Å²) in [5.74, 6) is 0.849. The quantitative estimate of drug-likeness (QED) is 0.422. The van der Waals surface area contributed by atoms with Gasteiger partial charge >= 0.3 is 0 Å². The molecule has 0 N–H and O–H groups in total. The van der Waals surface area contributed by atoms with Gasteiger partial charge in [0, 0.05) is 6.21 Å². The summed E-state index contributed by atoms with van der Waals surface area (Å²) in [4.78, 5) is 4.40. The van der Waals surface area contributed by atoms with Crippen LogP contribution in [-0.4, -0.2) is 19.4 Å². The Kier molecular flexibility index (Phi) is 7.03. The molecule has 0 aliphatic heterocycles. The Hall–Kier alpha value is -2.09. The maximum atomic E-state index is 5.14. The molecule has 0 radical (unpaired) electrons. The highest BCUT2D eigenvalue weighted by atomic mass is 16.5. The second-order valence-electron chi connectivity index (χ2n) is 4.06. The van der Waals surface area contributed by atoms with Crippen LogP contribution in [0.3, 0.4) is 0 Å². The van der Waals surface area contributed by atoms with Gasteiger partial charge in [0.1, 0.15) is 5.76 Å². The van der Waals surface area contributed by atoms with Gasteiger partial charge in [0.25, 0.3) is 0 Å². The summed E-state index contributed by atoms with van der Waals surface area (Å²) in [5.41, 5.74) is 1.17. The van der Waals surface area contributed by atoms with E-state index < -0.39 is 0 Å². The molecule has 0 bridgehead atoms. The predicted molar refractivity (Wildman–Crippen MR) is 83.3 cm³/mol. The number of ether oxygens (including phenoxy) is 1. The molecule has 2 heteroatoms. The minimum Gasteiger partial charge on any atom is -0.497 e. The summed E-state index contributed by atoms with van der Waals surface area (Å²) in [7, 11) is 1.66. The Morgan fingerprint density at radius 3 is 2.63 bits per heavy atom. The highest BCUT2D eigenvalue weighted by Gasteiger charge is 1.91. The normalized spacial score (nSPS) is 14.6. The van der Waals surface area contributed by atoms with E-state index in [9.17, 15) is 0 Å². The third kappa shape index (κ3) is 6.41. The number of methoxy groups -OCH3 is 1. The van der Waals surface area contributed by atoms with Crippen molar-refractivity contribution in [2.24, 2.45) is 4.99 Å². The summed E-state index contributed by atoms with van der Waals surface area (Å²) < 4.78 is 5.14. The van der Waals surface area contributed by atoms with Gasteiger partial charge in [-0.2, -0.15) is 0 Å². The zero-order valence-corrected chi connectivity index (χ0v) is 11.8. The van der Waals surface area contributed by atoms with Crippen molar-refractivity contribution >= 4 is 12.3 Å². The molecule has 1 aromatic rings. The van der Waals surface area contributed by atoms with Crippen LogP contribution in [0.2, 0.25) is 0 Å². The summed E-state index contributed by atoms with van der Waals surface area (Å²) in [6.07, 6.45) is 11.7. The lowest BCUT2D eigenvalue weighted by atomic mass is 10.2. The van der Waals surface area contributed by atoms with Gasteiger partial charge in [0.2, 0.25) is 0 Å². The van der Waals surface area contributed by atoms with E-state index in [0.29, 0.717) is 0 Å². The van der Waals surface area contributed by atoms with E-state index in [1.54, 1.807) is 7.11 Å². The third-order valence-electron chi connectivity index (χ3n) is 2.55. The highest BCUT2D eigenvalue weighted by molar-refractivity contribution is 5.78. The van der Waals surface area contributed by atoms with Gasteiger partial charge in [0.15, 0.2) is 0 Å². The second kappa shape index (κ2) is 8.92. The number of hydrogen-bond donors (Lipinski definition) is 0. The maximum Gasteiger partial charge on any atom is 0.114 e. The van der Waals surface area contributed by atoms with E-state index in [1.807, 2.05) is 68.6 Å². The van der Waals surface area contributed by atoms with Gasteiger partial charge in [0.05, 0.1) is 13.2 Å². The van der Waals surface area contributed by atoms with E-state index in [2.05, 4.69) is 17.1 Å². The lowest BCUT2D eigenvalue weighted by Crippen LogP contribution is -1.92. The van der Waals surface area contributed by atoms with Crippen LogP contribution in [0.5, 0.6) is 0 Å². The molecule has 0 aliphatic carbocycles. The van der Waals surface area contributed by atoms with Gasteiger partial charge in [-0.15, -0.1) is 0 Å². The Balaban J connectivity index is 2.46. The predicted octanol–water partition coefficient (Wildman–Crippen LogP) is 4.27. The van der Waals surface area contributed by atoms with Gasteiger partial charge in [-0.25, -0.2) is 0 Å². The average Bonchev–Trinajstić information content (AvgIpc) is 2.46. The number of rotatable bonds is 6. The third-order valence-corrected chi connectivity index (χ3v) is 2.55. The summed E-state index contributed by atoms with van der Waals surface area (Å²) in [6.45, 7) is 3.98. The van der Waals surface area contributed by atoms with Gasteiger partial charge in [-0.05, 0) is 37.6 Å².